The fraction of sp³-hybridized carbons (Fsp3) is 0.158. The van der Waals surface area contributed by atoms with E-state index >= 15 is 0 Å². The Morgan fingerprint density at radius 1 is 1.09 bits per heavy atom. The van der Waals surface area contributed by atoms with Crippen molar-refractivity contribution in [2.45, 2.75) is 18.2 Å². The smallest absolute Gasteiger partial charge is 0.0559 e. The number of hydrogen-bond acceptors (Lipinski definition) is 4. The van der Waals surface area contributed by atoms with Crippen LogP contribution in [0, 0.1) is 6.92 Å². The molecule has 116 valence electrons. The quantitative estimate of drug-likeness (QED) is 0.503. The Balaban J connectivity index is 1.78. The molecular weight excluding hydrogens is 320 g/mol. The second kappa shape index (κ2) is 5.95. The molecule has 1 aliphatic rings. The maximum Gasteiger partial charge on any atom is 0.0559 e. The van der Waals surface area contributed by atoms with E-state index in [0.717, 1.165) is 23.5 Å². The number of fused-ring (bicyclic) bond motifs is 3. The number of hydrogen-bond donors (Lipinski definition) is 1. The summed E-state index contributed by atoms with van der Waals surface area (Å²) >= 11 is 3.60. The molecule has 2 heterocycles. The molecule has 0 saturated carbocycles. The van der Waals surface area contributed by atoms with Crippen LogP contribution in [0.3, 0.4) is 0 Å². The number of anilines is 2. The van der Waals surface area contributed by atoms with Crippen LogP contribution in [0.2, 0.25) is 0 Å². The number of nitrogens with two attached hydrogens (primary N) is 1. The standard InChI is InChI=1S/C19H18N2S2/c1-13-12-22-19-14(13)10-11-21(17-8-4-2-6-15(17)19)23-18-9-5-3-7-16(18)20/h2-9,12H,10-11,20H2,1H3. The van der Waals surface area contributed by atoms with E-state index in [-0.39, 0.29) is 0 Å². The summed E-state index contributed by atoms with van der Waals surface area (Å²) in [6.45, 7) is 3.20. The van der Waals surface area contributed by atoms with E-state index in [0.29, 0.717) is 0 Å². The fourth-order valence-corrected chi connectivity index (χ4v) is 5.13. The van der Waals surface area contributed by atoms with Crippen LogP contribution in [0.4, 0.5) is 11.4 Å². The monoisotopic (exact) mass is 338 g/mol. The van der Waals surface area contributed by atoms with Gasteiger partial charge in [-0.15, -0.1) is 11.3 Å². The summed E-state index contributed by atoms with van der Waals surface area (Å²) in [5, 5.41) is 2.28. The third-order valence-electron chi connectivity index (χ3n) is 4.21. The van der Waals surface area contributed by atoms with Gasteiger partial charge in [-0.2, -0.15) is 0 Å². The van der Waals surface area contributed by atoms with Gasteiger partial charge in [-0.3, -0.25) is 0 Å². The minimum absolute atomic E-state index is 0.838. The number of para-hydroxylation sites is 2. The molecule has 1 aliphatic heterocycles. The predicted molar refractivity (Wildman–Crippen MR) is 102 cm³/mol. The molecule has 0 fully saturated rings. The molecular formula is C19H18N2S2. The van der Waals surface area contributed by atoms with Gasteiger partial charge in [0.2, 0.25) is 0 Å². The lowest BCUT2D eigenvalue weighted by Gasteiger charge is -2.24. The number of rotatable bonds is 2. The first-order valence-electron chi connectivity index (χ1n) is 7.70. The first kappa shape index (κ1) is 14.7. The van der Waals surface area contributed by atoms with Gasteiger partial charge in [0.05, 0.1) is 10.6 Å². The maximum atomic E-state index is 6.14. The van der Waals surface area contributed by atoms with Crippen LogP contribution >= 0.6 is 23.3 Å². The zero-order valence-electron chi connectivity index (χ0n) is 13.0. The van der Waals surface area contributed by atoms with Crippen LogP contribution in [0.15, 0.2) is 58.8 Å². The molecule has 1 aromatic heterocycles. The van der Waals surface area contributed by atoms with Crippen LogP contribution in [0.5, 0.6) is 0 Å². The molecule has 0 saturated heterocycles. The second-order valence-electron chi connectivity index (χ2n) is 5.72. The molecule has 4 heteroatoms. The van der Waals surface area contributed by atoms with E-state index in [9.17, 15) is 0 Å². The van der Waals surface area contributed by atoms with Crippen LogP contribution in [0.1, 0.15) is 11.1 Å². The Labute approximate surface area is 145 Å². The highest BCUT2D eigenvalue weighted by molar-refractivity contribution is 8.00. The Bertz CT molecular complexity index is 854. The molecule has 0 bridgehead atoms. The van der Waals surface area contributed by atoms with Crippen LogP contribution in [-0.4, -0.2) is 6.54 Å². The van der Waals surface area contributed by atoms with Gasteiger partial charge in [-0.05, 0) is 60.0 Å². The van der Waals surface area contributed by atoms with Crippen molar-refractivity contribution in [3.8, 4) is 10.4 Å². The van der Waals surface area contributed by atoms with Gasteiger partial charge in [0.15, 0.2) is 0 Å². The van der Waals surface area contributed by atoms with Gasteiger partial charge in [0, 0.05) is 22.7 Å². The molecule has 4 rings (SSSR count). The number of nitrogens with zero attached hydrogens (tertiary/aromatic N) is 1. The Morgan fingerprint density at radius 2 is 1.87 bits per heavy atom. The predicted octanol–water partition coefficient (Wildman–Crippen LogP) is 5.38. The molecule has 0 radical (unpaired) electrons. The summed E-state index contributed by atoms with van der Waals surface area (Å²) in [4.78, 5) is 2.53. The zero-order valence-corrected chi connectivity index (χ0v) is 14.6. The van der Waals surface area contributed by atoms with Crippen molar-refractivity contribution >= 4 is 34.7 Å². The van der Waals surface area contributed by atoms with E-state index in [1.54, 1.807) is 11.9 Å². The lowest BCUT2D eigenvalue weighted by molar-refractivity contribution is 0.973. The highest BCUT2D eigenvalue weighted by Crippen LogP contribution is 2.44. The summed E-state index contributed by atoms with van der Waals surface area (Å²) < 4.78 is 2.38. The molecule has 2 aromatic carbocycles. The first-order chi connectivity index (χ1) is 11.2. The summed E-state index contributed by atoms with van der Waals surface area (Å²) in [6.07, 6.45) is 1.07. The third-order valence-corrected chi connectivity index (χ3v) is 6.56. The average molecular weight is 339 g/mol. The lowest BCUT2D eigenvalue weighted by atomic mass is 10.0. The van der Waals surface area contributed by atoms with Gasteiger partial charge in [0.25, 0.3) is 0 Å². The first-order valence-corrected chi connectivity index (χ1v) is 9.36. The number of benzene rings is 2. The van der Waals surface area contributed by atoms with Gasteiger partial charge in [-0.25, -0.2) is 0 Å². The number of nitrogen functional groups attached to an aromatic ring is 1. The molecule has 2 nitrogen and oxygen atoms in total. The van der Waals surface area contributed by atoms with E-state index in [2.05, 4.69) is 46.9 Å². The normalized spacial score (nSPS) is 13.3. The topological polar surface area (TPSA) is 29.3 Å². The van der Waals surface area contributed by atoms with Crippen molar-refractivity contribution in [2.24, 2.45) is 0 Å². The molecule has 23 heavy (non-hydrogen) atoms. The van der Waals surface area contributed by atoms with Crippen molar-refractivity contribution in [1.82, 2.24) is 0 Å². The zero-order chi connectivity index (χ0) is 15.8. The van der Waals surface area contributed by atoms with Gasteiger partial charge < -0.3 is 10.0 Å². The second-order valence-corrected chi connectivity index (χ2v) is 7.67. The molecule has 2 N–H and O–H groups in total. The minimum Gasteiger partial charge on any atom is -0.398 e. The highest BCUT2D eigenvalue weighted by Gasteiger charge is 2.23. The third kappa shape index (κ3) is 2.62. The maximum absolute atomic E-state index is 6.14. The summed E-state index contributed by atoms with van der Waals surface area (Å²) in [7, 11) is 0. The van der Waals surface area contributed by atoms with Crippen LogP contribution < -0.4 is 10.0 Å². The molecule has 0 atom stereocenters. The van der Waals surface area contributed by atoms with Crippen molar-refractivity contribution < 1.29 is 0 Å². The molecule has 0 spiro atoms. The Morgan fingerprint density at radius 3 is 2.74 bits per heavy atom. The van der Waals surface area contributed by atoms with Crippen LogP contribution in [0.25, 0.3) is 10.4 Å². The van der Waals surface area contributed by atoms with E-state index in [1.165, 1.54) is 27.3 Å². The number of aryl methyl sites for hydroxylation is 1. The van der Waals surface area contributed by atoms with Crippen molar-refractivity contribution in [3.05, 3.63) is 65.0 Å². The van der Waals surface area contributed by atoms with Crippen LogP contribution in [-0.2, 0) is 6.42 Å². The van der Waals surface area contributed by atoms with Gasteiger partial charge in [0.1, 0.15) is 0 Å². The Hall–Kier alpha value is -1.91. The summed E-state index contributed by atoms with van der Waals surface area (Å²) in [5.74, 6) is 0. The van der Waals surface area contributed by atoms with Crippen molar-refractivity contribution in [1.29, 1.82) is 0 Å². The number of thiophene rings is 1. The summed E-state index contributed by atoms with van der Waals surface area (Å²) in [5.41, 5.74) is 12.5. The Kier molecular flexibility index (Phi) is 3.79. The fourth-order valence-electron chi connectivity index (χ4n) is 3.00. The van der Waals surface area contributed by atoms with Gasteiger partial charge in [-0.1, -0.05) is 30.3 Å². The molecule has 0 amide bonds. The van der Waals surface area contributed by atoms with Crippen molar-refractivity contribution in [2.75, 3.05) is 16.6 Å². The summed E-state index contributed by atoms with van der Waals surface area (Å²) in [6, 6.07) is 16.8. The average Bonchev–Trinajstić information content (AvgIpc) is 2.86. The largest absolute Gasteiger partial charge is 0.398 e. The molecule has 3 aromatic rings. The van der Waals surface area contributed by atoms with Gasteiger partial charge >= 0.3 is 0 Å². The molecule has 0 unspecified atom stereocenters. The lowest BCUT2D eigenvalue weighted by Crippen LogP contribution is -2.17. The SMILES string of the molecule is Cc1csc2c1CCN(Sc1ccccc1N)c1ccccc1-2. The van der Waals surface area contributed by atoms with E-state index < -0.39 is 0 Å². The minimum atomic E-state index is 0.838. The highest BCUT2D eigenvalue weighted by atomic mass is 32.2. The van der Waals surface area contributed by atoms with Crippen molar-refractivity contribution in [3.63, 3.8) is 0 Å². The molecule has 0 aliphatic carbocycles. The van der Waals surface area contributed by atoms with E-state index in [4.69, 9.17) is 5.73 Å². The van der Waals surface area contributed by atoms with E-state index in [1.807, 2.05) is 29.5 Å².